The zero-order chi connectivity index (χ0) is 26.6. The molecule has 1 aliphatic heterocycles. The van der Waals surface area contributed by atoms with Gasteiger partial charge in [0.15, 0.2) is 0 Å². The van der Waals surface area contributed by atoms with E-state index in [1.807, 2.05) is 0 Å². The largest absolute Gasteiger partial charge is 0.413 e. The molecule has 0 spiro atoms. The summed E-state index contributed by atoms with van der Waals surface area (Å²) in [4.78, 5) is 0. The van der Waals surface area contributed by atoms with Gasteiger partial charge in [0.1, 0.15) is 0 Å². The smallest absolute Gasteiger partial charge is 0.347 e. The van der Waals surface area contributed by atoms with Gasteiger partial charge in [-0.25, -0.2) is 0 Å². The van der Waals surface area contributed by atoms with Gasteiger partial charge in [0.2, 0.25) is 0 Å². The molecule has 0 atom stereocenters. The number of ether oxygens (including phenoxy) is 5. The van der Waals surface area contributed by atoms with Crippen molar-refractivity contribution in [3.63, 3.8) is 0 Å². The topological polar surface area (TPSA) is 92.3 Å². The Balaban J connectivity index is 3.96. The second-order valence-corrected chi connectivity index (χ2v) is 27.2. The van der Waals surface area contributed by atoms with Crippen LogP contribution in [0.15, 0.2) is 0 Å². The van der Waals surface area contributed by atoms with Crippen molar-refractivity contribution < 1.29 is 44.3 Å². The molecule has 0 radical (unpaired) electrons. The molecule has 0 aliphatic carbocycles. The van der Waals surface area contributed by atoms with Gasteiger partial charge in [-0.1, -0.05) is 34.6 Å². The summed E-state index contributed by atoms with van der Waals surface area (Å²) in [7, 11) is -6.47. The average molecular weight is 591 g/mol. The van der Waals surface area contributed by atoms with Crippen molar-refractivity contribution in [1.29, 1.82) is 0 Å². The monoisotopic (exact) mass is 590 g/mol. The number of methoxy groups -OCH3 is 5. The van der Waals surface area contributed by atoms with Crippen molar-refractivity contribution in [2.45, 2.75) is 64.8 Å². The molecule has 0 saturated carbocycles. The maximum Gasteiger partial charge on any atom is 0.347 e. The molecule has 210 valence electrons. The van der Waals surface area contributed by atoms with E-state index in [4.69, 9.17) is 44.3 Å². The molecular formula is C20H50O10Si5. The van der Waals surface area contributed by atoms with Gasteiger partial charge in [-0.3, -0.25) is 0 Å². The molecule has 0 N–H and O–H groups in total. The Bertz CT molecular complexity index is 477. The molecule has 1 rings (SSSR count). The molecule has 0 unspecified atom stereocenters. The van der Waals surface area contributed by atoms with Gasteiger partial charge in [-0.15, -0.1) is 0 Å². The van der Waals surface area contributed by atoms with Gasteiger partial charge in [0.25, 0.3) is 0 Å². The Morgan fingerprint density at radius 2 is 0.486 bits per heavy atom. The number of hydrogen-bond acceptors (Lipinski definition) is 10. The molecule has 0 aromatic carbocycles. The maximum absolute atomic E-state index is 7.12. The van der Waals surface area contributed by atoms with Crippen molar-refractivity contribution in [2.24, 2.45) is 0 Å². The van der Waals surface area contributed by atoms with Crippen molar-refractivity contribution in [3.8, 4) is 0 Å². The summed E-state index contributed by atoms with van der Waals surface area (Å²) in [5.74, 6) is 0. The van der Waals surface area contributed by atoms with E-state index in [1.54, 1.807) is 35.5 Å². The third-order valence-electron chi connectivity index (χ3n) is 6.37. The zero-order valence-electron chi connectivity index (χ0n) is 23.7. The minimum Gasteiger partial charge on any atom is -0.413 e. The Hall–Kier alpha value is 0.684. The van der Waals surface area contributed by atoms with E-state index in [9.17, 15) is 0 Å². The standard InChI is InChI=1S/C20H50O10Si5/c1-11-31(16-21-6)26-32(12-2,17-22-7)28-34(14-4,19-24-9)30-35(15-5,20-25-10)29-33(13-3,27-31)18-23-8/h11-20H2,1-10H3. The summed E-state index contributed by atoms with van der Waals surface area (Å²) in [6, 6.07) is 3.41. The summed E-state index contributed by atoms with van der Waals surface area (Å²) < 4.78 is 64.2. The Morgan fingerprint density at radius 1 is 0.343 bits per heavy atom. The first-order chi connectivity index (χ1) is 16.6. The summed E-state index contributed by atoms with van der Waals surface area (Å²) in [5, 5.41) is 0. The molecule has 35 heavy (non-hydrogen) atoms. The summed E-state index contributed by atoms with van der Waals surface area (Å²) in [6.45, 7) is 10.5. The van der Waals surface area contributed by atoms with Gasteiger partial charge < -0.3 is 44.3 Å². The Kier molecular flexibility index (Phi) is 14.8. The Morgan fingerprint density at radius 3 is 0.571 bits per heavy atom. The van der Waals surface area contributed by atoms with Gasteiger partial charge in [-0.05, 0) is 30.2 Å². The van der Waals surface area contributed by atoms with Crippen LogP contribution in [0, 0.1) is 0 Å². The van der Waals surface area contributed by atoms with Crippen LogP contribution >= 0.6 is 0 Å². The highest BCUT2D eigenvalue weighted by atomic mass is 28.5. The molecule has 0 bridgehead atoms. The van der Waals surface area contributed by atoms with E-state index in [0.29, 0.717) is 61.4 Å². The number of rotatable bonds is 15. The Labute approximate surface area is 218 Å². The van der Waals surface area contributed by atoms with Crippen LogP contribution in [-0.2, 0) is 44.3 Å². The lowest BCUT2D eigenvalue weighted by Gasteiger charge is -2.52. The van der Waals surface area contributed by atoms with Crippen molar-refractivity contribution in [3.05, 3.63) is 0 Å². The van der Waals surface area contributed by atoms with Crippen LogP contribution in [0.5, 0.6) is 0 Å². The van der Waals surface area contributed by atoms with Crippen molar-refractivity contribution in [2.75, 3.05) is 66.7 Å². The fraction of sp³-hybridized carbons (Fsp3) is 1.00. The predicted molar refractivity (Wildman–Crippen MR) is 146 cm³/mol. The normalized spacial score (nSPS) is 36.9. The molecule has 1 fully saturated rings. The molecule has 1 saturated heterocycles. The van der Waals surface area contributed by atoms with E-state index in [2.05, 4.69) is 34.6 Å². The zero-order valence-corrected chi connectivity index (χ0v) is 28.7. The van der Waals surface area contributed by atoms with E-state index in [-0.39, 0.29) is 0 Å². The summed E-state index contributed by atoms with van der Waals surface area (Å²) in [6.07, 6.45) is 1.83. The first kappa shape index (κ1) is 33.7. The predicted octanol–water partition coefficient (Wildman–Crippen LogP) is 3.32. The fourth-order valence-electron chi connectivity index (χ4n) is 4.43. The highest BCUT2D eigenvalue weighted by molar-refractivity contribution is 6.95. The van der Waals surface area contributed by atoms with E-state index in [1.165, 1.54) is 0 Å². The lowest BCUT2D eigenvalue weighted by molar-refractivity contribution is 0.116. The first-order valence-corrected chi connectivity index (χ1v) is 23.8. The fourth-order valence-corrected chi connectivity index (χ4v) is 32.0. The lowest BCUT2D eigenvalue weighted by atomic mass is 11.0. The molecule has 15 heteroatoms. The van der Waals surface area contributed by atoms with Crippen LogP contribution in [0.3, 0.4) is 0 Å². The lowest BCUT2D eigenvalue weighted by Crippen LogP contribution is -2.74. The van der Waals surface area contributed by atoms with Gasteiger partial charge in [0.05, 0.1) is 31.2 Å². The van der Waals surface area contributed by atoms with E-state index in [0.717, 1.165) is 0 Å². The van der Waals surface area contributed by atoms with Crippen LogP contribution < -0.4 is 0 Å². The highest BCUT2D eigenvalue weighted by Gasteiger charge is 2.62. The maximum atomic E-state index is 7.12. The minimum atomic E-state index is -2.98. The molecule has 1 aliphatic rings. The molecular weight excluding hydrogens is 541 g/mol. The quantitative estimate of drug-likeness (QED) is 0.265. The molecule has 0 aromatic heterocycles. The van der Waals surface area contributed by atoms with Crippen LogP contribution in [0.25, 0.3) is 0 Å². The molecule has 10 nitrogen and oxygen atoms in total. The van der Waals surface area contributed by atoms with E-state index >= 15 is 0 Å². The highest BCUT2D eigenvalue weighted by Crippen LogP contribution is 2.37. The first-order valence-electron chi connectivity index (χ1n) is 12.6. The summed E-state index contributed by atoms with van der Waals surface area (Å²) >= 11 is 0. The molecule has 1 heterocycles. The van der Waals surface area contributed by atoms with Crippen LogP contribution in [-0.4, -0.2) is 110 Å². The number of hydrogen-bond donors (Lipinski definition) is 0. The molecule has 0 aromatic rings. The summed E-state index contributed by atoms with van der Waals surface area (Å²) in [5.41, 5.74) is 0. The van der Waals surface area contributed by atoms with Gasteiger partial charge in [0, 0.05) is 35.5 Å². The van der Waals surface area contributed by atoms with Crippen LogP contribution in [0.2, 0.25) is 30.2 Å². The van der Waals surface area contributed by atoms with Crippen molar-refractivity contribution in [1.82, 2.24) is 0 Å². The average Bonchev–Trinajstić information content (AvgIpc) is 2.84. The van der Waals surface area contributed by atoms with E-state index < -0.39 is 42.8 Å². The SMILES string of the molecule is CC[Si]1(COC)O[Si](CC)(COC)O[Si](CC)(COC)O[Si](CC)(COC)O[Si](CC)(COC)O1. The van der Waals surface area contributed by atoms with Gasteiger partial charge >= 0.3 is 42.8 Å². The second-order valence-electron chi connectivity index (χ2n) is 9.00. The van der Waals surface area contributed by atoms with Crippen LogP contribution in [0.1, 0.15) is 34.6 Å². The minimum absolute atomic E-state index is 0.365. The van der Waals surface area contributed by atoms with Crippen LogP contribution in [0.4, 0.5) is 0 Å². The van der Waals surface area contributed by atoms with Crippen molar-refractivity contribution >= 4 is 42.8 Å². The third-order valence-corrected chi connectivity index (χ3v) is 30.3. The third kappa shape index (κ3) is 8.59. The second kappa shape index (κ2) is 15.3. The molecule has 0 amide bonds. The van der Waals surface area contributed by atoms with Gasteiger partial charge in [-0.2, -0.15) is 0 Å².